The van der Waals surface area contributed by atoms with Crippen molar-refractivity contribution in [2.24, 2.45) is 0 Å². The Hall–Kier alpha value is -1.23. The minimum Gasteiger partial charge on any atom is -0.549 e. The summed E-state index contributed by atoms with van der Waals surface area (Å²) in [5.74, 6) is -2.61. The first kappa shape index (κ1) is 15.8. The topological polar surface area (TPSA) is 53.0 Å². The van der Waals surface area contributed by atoms with Crippen LogP contribution in [0.2, 0.25) is 0 Å². The van der Waals surface area contributed by atoms with Crippen LogP contribution < -0.4 is 34.7 Å². The molecule has 0 spiro atoms. The molecule has 1 atom stereocenters. The maximum atomic E-state index is 13.5. The molecule has 0 aliphatic carbocycles. The average Bonchev–Trinajstić information content (AvgIpc) is 2.38. The molecule has 2 rings (SSSR count). The number of hydrogen-bond donors (Lipinski definition) is 0. The van der Waals surface area contributed by atoms with Crippen LogP contribution in [-0.2, 0) is 11.2 Å². The van der Waals surface area contributed by atoms with E-state index < -0.39 is 17.7 Å². The van der Waals surface area contributed by atoms with E-state index in [0.717, 1.165) is 0 Å². The number of nitrogens with zero attached hydrogens (tertiary/aromatic N) is 1. The van der Waals surface area contributed by atoms with Gasteiger partial charge in [0.05, 0.1) is 5.97 Å². The second-order valence-corrected chi connectivity index (χ2v) is 3.92. The monoisotopic (exact) mass is 267 g/mol. The molecule has 0 fully saturated rings. The van der Waals surface area contributed by atoms with Crippen LogP contribution >= 0.6 is 0 Å². The number of benzene rings is 1. The normalized spacial score (nSPS) is 11.4. The number of aliphatic carboxylic acids is 1. The smallest absolute Gasteiger partial charge is 0.549 e. The molecule has 2 aromatic rings. The van der Waals surface area contributed by atoms with Crippen LogP contribution in [0.1, 0.15) is 17.2 Å². The van der Waals surface area contributed by atoms with Gasteiger partial charge in [-0.25, -0.2) is 4.39 Å². The minimum absolute atomic E-state index is 0. The molecule has 0 saturated heterocycles. The molecule has 5 heteroatoms. The van der Waals surface area contributed by atoms with Gasteiger partial charge >= 0.3 is 29.6 Å². The Morgan fingerprint density at radius 1 is 1.21 bits per heavy atom. The predicted octanol–water partition coefficient (Wildman–Crippen LogP) is -1.70. The number of aromatic nitrogens is 1. The Kier molecular flexibility index (Phi) is 6.15. The summed E-state index contributed by atoms with van der Waals surface area (Å²) in [6.07, 6.45) is 1.54. The fraction of sp³-hybridized carbons (Fsp3) is 0.143. The van der Waals surface area contributed by atoms with Gasteiger partial charge in [0.2, 0.25) is 0 Å². The molecule has 1 unspecified atom stereocenters. The van der Waals surface area contributed by atoms with Crippen LogP contribution in [0.4, 0.5) is 4.39 Å². The molecule has 3 nitrogen and oxygen atoms in total. The molecule has 1 heterocycles. The molecular formula is C14H11FNNaO2. The van der Waals surface area contributed by atoms with E-state index in [9.17, 15) is 14.3 Å². The summed E-state index contributed by atoms with van der Waals surface area (Å²) >= 11 is 0. The van der Waals surface area contributed by atoms with E-state index in [4.69, 9.17) is 0 Å². The number of carboxylic acid groups (broad SMARTS) is 1. The molecule has 19 heavy (non-hydrogen) atoms. The van der Waals surface area contributed by atoms with Crippen LogP contribution in [0.5, 0.6) is 0 Å². The zero-order chi connectivity index (χ0) is 13.0. The molecule has 0 amide bonds. The van der Waals surface area contributed by atoms with Crippen molar-refractivity contribution in [1.82, 2.24) is 4.98 Å². The molecule has 0 N–H and O–H groups in total. The Morgan fingerprint density at radius 2 is 1.89 bits per heavy atom. The van der Waals surface area contributed by atoms with E-state index in [0.29, 0.717) is 11.3 Å². The van der Waals surface area contributed by atoms with Gasteiger partial charge in [-0.2, -0.15) is 0 Å². The van der Waals surface area contributed by atoms with Gasteiger partial charge in [-0.1, -0.05) is 24.3 Å². The average molecular weight is 267 g/mol. The number of rotatable bonds is 4. The molecule has 92 valence electrons. The Morgan fingerprint density at radius 3 is 2.47 bits per heavy atom. The number of hydrogen-bond acceptors (Lipinski definition) is 3. The number of carbonyl (C=O) groups excluding carboxylic acids is 1. The van der Waals surface area contributed by atoms with E-state index in [1.807, 2.05) is 0 Å². The van der Waals surface area contributed by atoms with E-state index >= 15 is 0 Å². The molecule has 0 aliphatic rings. The fourth-order valence-corrected chi connectivity index (χ4v) is 1.77. The van der Waals surface area contributed by atoms with E-state index in [-0.39, 0.29) is 36.0 Å². The number of halogens is 1. The van der Waals surface area contributed by atoms with Gasteiger partial charge in [0.1, 0.15) is 5.82 Å². The molecule has 1 aromatic carbocycles. The summed E-state index contributed by atoms with van der Waals surface area (Å²) < 4.78 is 13.5. The zero-order valence-corrected chi connectivity index (χ0v) is 12.5. The number of carboxylic acids is 1. The van der Waals surface area contributed by atoms with Gasteiger partial charge < -0.3 is 9.90 Å². The van der Waals surface area contributed by atoms with Crippen molar-refractivity contribution in [3.63, 3.8) is 0 Å². The van der Waals surface area contributed by atoms with Gasteiger partial charge in [0, 0.05) is 17.8 Å². The summed E-state index contributed by atoms with van der Waals surface area (Å²) in [6.45, 7) is 0. The SMILES string of the molecule is O=C([O-])C(Cc1ccccc1F)c1ccccn1.[Na+]. The van der Waals surface area contributed by atoms with Crippen LogP contribution in [-0.4, -0.2) is 11.0 Å². The largest absolute Gasteiger partial charge is 1.00 e. The van der Waals surface area contributed by atoms with Crippen molar-refractivity contribution in [2.45, 2.75) is 12.3 Å². The minimum atomic E-state index is -1.25. The number of pyridine rings is 1. The van der Waals surface area contributed by atoms with Gasteiger partial charge in [-0.3, -0.25) is 4.98 Å². The van der Waals surface area contributed by atoms with Crippen molar-refractivity contribution in [1.29, 1.82) is 0 Å². The summed E-state index contributed by atoms with van der Waals surface area (Å²) in [4.78, 5) is 15.1. The van der Waals surface area contributed by atoms with Gasteiger partial charge in [0.15, 0.2) is 0 Å². The molecule has 0 saturated carbocycles. The van der Waals surface area contributed by atoms with Crippen molar-refractivity contribution < 1.29 is 43.8 Å². The van der Waals surface area contributed by atoms with Crippen molar-refractivity contribution in [3.8, 4) is 0 Å². The molecule has 0 radical (unpaired) electrons. The van der Waals surface area contributed by atoms with Crippen LogP contribution in [0.15, 0.2) is 48.7 Å². The van der Waals surface area contributed by atoms with Crippen molar-refractivity contribution in [3.05, 3.63) is 65.7 Å². The predicted molar refractivity (Wildman–Crippen MR) is 62.1 cm³/mol. The van der Waals surface area contributed by atoms with Crippen molar-refractivity contribution >= 4 is 5.97 Å². The quantitative estimate of drug-likeness (QED) is 0.621. The Bertz CT molecular complexity index is 548. The van der Waals surface area contributed by atoms with Crippen LogP contribution in [0.3, 0.4) is 0 Å². The summed E-state index contributed by atoms with van der Waals surface area (Å²) in [7, 11) is 0. The molecular weight excluding hydrogens is 256 g/mol. The summed E-state index contributed by atoms with van der Waals surface area (Å²) in [5, 5.41) is 11.1. The van der Waals surface area contributed by atoms with Crippen LogP contribution in [0, 0.1) is 5.82 Å². The van der Waals surface area contributed by atoms with Gasteiger partial charge in [-0.15, -0.1) is 0 Å². The first-order valence-electron chi connectivity index (χ1n) is 5.53. The Balaban J connectivity index is 0.00000180. The third-order valence-corrected chi connectivity index (χ3v) is 2.71. The molecule has 0 aliphatic heterocycles. The van der Waals surface area contributed by atoms with Crippen LogP contribution in [0.25, 0.3) is 0 Å². The third kappa shape index (κ3) is 4.13. The first-order valence-corrected chi connectivity index (χ1v) is 5.53. The second kappa shape index (κ2) is 7.38. The first-order chi connectivity index (χ1) is 8.68. The van der Waals surface area contributed by atoms with Gasteiger partial charge in [-0.05, 0) is 30.2 Å². The Labute approximate surface area is 132 Å². The third-order valence-electron chi connectivity index (χ3n) is 2.71. The summed E-state index contributed by atoms with van der Waals surface area (Å²) in [5.41, 5.74) is 0.720. The number of carbonyl (C=O) groups is 1. The van der Waals surface area contributed by atoms with Crippen molar-refractivity contribution in [2.75, 3.05) is 0 Å². The van der Waals surface area contributed by atoms with E-state index in [2.05, 4.69) is 4.98 Å². The maximum absolute atomic E-state index is 13.5. The second-order valence-electron chi connectivity index (χ2n) is 3.92. The standard InChI is InChI=1S/C14H12FNO2.Na/c15-12-6-2-1-5-10(12)9-11(14(17)18)13-7-3-4-8-16-13;/h1-8,11H,9H2,(H,17,18);/q;+1/p-1. The van der Waals surface area contributed by atoms with E-state index in [1.165, 1.54) is 12.3 Å². The fourth-order valence-electron chi connectivity index (χ4n) is 1.77. The summed E-state index contributed by atoms with van der Waals surface area (Å²) in [6, 6.07) is 11.1. The maximum Gasteiger partial charge on any atom is 1.00 e. The molecule has 0 bridgehead atoms. The van der Waals surface area contributed by atoms with E-state index in [1.54, 1.807) is 36.4 Å². The molecule has 1 aromatic heterocycles. The zero-order valence-electron chi connectivity index (χ0n) is 10.5. The van der Waals surface area contributed by atoms with Gasteiger partial charge in [0.25, 0.3) is 0 Å².